The number of nitro benzene ring substituents is 1. The van der Waals surface area contributed by atoms with Crippen molar-refractivity contribution >= 4 is 5.69 Å². The van der Waals surface area contributed by atoms with Gasteiger partial charge in [0, 0.05) is 11.6 Å². The first-order valence-corrected chi connectivity index (χ1v) is 5.37. The Morgan fingerprint density at radius 3 is 2.58 bits per heavy atom. The first-order valence-electron chi connectivity index (χ1n) is 5.37. The van der Waals surface area contributed by atoms with Gasteiger partial charge in [-0.1, -0.05) is 18.2 Å². The highest BCUT2D eigenvalue weighted by molar-refractivity contribution is 5.39. The smallest absolute Gasteiger partial charge is 0.276 e. The molecule has 0 spiro atoms. The highest BCUT2D eigenvalue weighted by Gasteiger charge is 2.11. The Bertz CT molecular complexity index is 617. The summed E-state index contributed by atoms with van der Waals surface area (Å²) in [6, 6.07) is 8.84. The zero-order valence-corrected chi connectivity index (χ0v) is 9.68. The minimum Gasteiger partial charge on any atom is -0.488 e. The van der Waals surface area contributed by atoms with Gasteiger partial charge in [-0.25, -0.2) is 8.78 Å². The summed E-state index contributed by atoms with van der Waals surface area (Å²) in [6.07, 6.45) is 0. The molecule has 0 amide bonds. The molecule has 0 saturated heterocycles. The van der Waals surface area contributed by atoms with Crippen LogP contribution in [0.2, 0.25) is 0 Å². The zero-order valence-electron chi connectivity index (χ0n) is 9.68. The van der Waals surface area contributed by atoms with Crippen LogP contribution in [0, 0.1) is 21.7 Å². The topological polar surface area (TPSA) is 52.4 Å². The molecule has 19 heavy (non-hydrogen) atoms. The van der Waals surface area contributed by atoms with Gasteiger partial charge >= 0.3 is 0 Å². The van der Waals surface area contributed by atoms with Crippen molar-refractivity contribution in [2.24, 2.45) is 0 Å². The number of nitrogens with zero attached hydrogens (tertiary/aromatic N) is 1. The van der Waals surface area contributed by atoms with E-state index in [1.165, 1.54) is 18.2 Å². The summed E-state index contributed by atoms with van der Waals surface area (Å²) in [5.74, 6) is -1.25. The summed E-state index contributed by atoms with van der Waals surface area (Å²) < 4.78 is 31.6. The molecular weight excluding hydrogens is 256 g/mol. The van der Waals surface area contributed by atoms with Crippen molar-refractivity contribution in [1.29, 1.82) is 0 Å². The van der Waals surface area contributed by atoms with Gasteiger partial charge in [-0.3, -0.25) is 10.1 Å². The van der Waals surface area contributed by atoms with Crippen LogP contribution in [-0.2, 0) is 6.61 Å². The summed E-state index contributed by atoms with van der Waals surface area (Å²) in [6.45, 7) is -0.132. The van der Waals surface area contributed by atoms with Crippen molar-refractivity contribution in [2.45, 2.75) is 6.61 Å². The second kappa shape index (κ2) is 5.43. The van der Waals surface area contributed by atoms with E-state index in [2.05, 4.69) is 0 Å². The van der Waals surface area contributed by atoms with Crippen molar-refractivity contribution in [3.05, 3.63) is 69.8 Å². The lowest BCUT2D eigenvalue weighted by molar-refractivity contribution is -0.385. The van der Waals surface area contributed by atoms with Gasteiger partial charge in [0.15, 0.2) is 0 Å². The van der Waals surface area contributed by atoms with Crippen LogP contribution >= 0.6 is 0 Å². The third kappa shape index (κ3) is 3.25. The van der Waals surface area contributed by atoms with Crippen LogP contribution in [0.3, 0.4) is 0 Å². The molecule has 0 aromatic heterocycles. The first kappa shape index (κ1) is 12.9. The van der Waals surface area contributed by atoms with Crippen LogP contribution in [0.25, 0.3) is 0 Å². The number of benzene rings is 2. The lowest BCUT2D eigenvalue weighted by atomic mass is 10.2. The molecular formula is C13H9F2NO3. The third-order valence-electron chi connectivity index (χ3n) is 2.42. The van der Waals surface area contributed by atoms with Crippen LogP contribution in [0.5, 0.6) is 5.75 Å². The van der Waals surface area contributed by atoms with E-state index in [0.717, 1.165) is 18.2 Å². The fraction of sp³-hybridized carbons (Fsp3) is 0.0769. The van der Waals surface area contributed by atoms with Crippen molar-refractivity contribution in [3.8, 4) is 5.75 Å². The molecule has 6 heteroatoms. The molecule has 0 N–H and O–H groups in total. The molecule has 0 aliphatic carbocycles. The van der Waals surface area contributed by atoms with E-state index in [4.69, 9.17) is 4.74 Å². The molecule has 2 aromatic rings. The van der Waals surface area contributed by atoms with Gasteiger partial charge in [0.05, 0.1) is 17.1 Å². The van der Waals surface area contributed by atoms with Crippen molar-refractivity contribution < 1.29 is 18.4 Å². The van der Waals surface area contributed by atoms with Gasteiger partial charge in [-0.2, -0.15) is 0 Å². The van der Waals surface area contributed by atoms with E-state index < -0.39 is 22.2 Å². The van der Waals surface area contributed by atoms with E-state index in [0.29, 0.717) is 0 Å². The van der Waals surface area contributed by atoms with Crippen molar-refractivity contribution in [1.82, 2.24) is 0 Å². The van der Waals surface area contributed by atoms with E-state index in [1.807, 2.05) is 0 Å². The number of non-ortho nitro benzene ring substituents is 1. The average molecular weight is 265 g/mol. The molecule has 98 valence electrons. The molecule has 0 radical (unpaired) electrons. The third-order valence-corrected chi connectivity index (χ3v) is 2.42. The summed E-state index contributed by atoms with van der Waals surface area (Å²) in [5, 5.41) is 10.6. The number of halogens is 2. The molecule has 4 nitrogen and oxygen atoms in total. The normalized spacial score (nSPS) is 10.2. The lowest BCUT2D eigenvalue weighted by Crippen LogP contribution is -1.99. The zero-order chi connectivity index (χ0) is 13.8. The maximum absolute atomic E-state index is 13.3. The Balaban J connectivity index is 2.16. The summed E-state index contributed by atoms with van der Waals surface area (Å²) in [5.41, 5.74) is -0.127. The van der Waals surface area contributed by atoms with Crippen LogP contribution in [0.15, 0.2) is 42.5 Å². The quantitative estimate of drug-likeness (QED) is 0.628. The summed E-state index contributed by atoms with van der Waals surface area (Å²) in [4.78, 5) is 9.83. The minimum atomic E-state index is -0.780. The van der Waals surface area contributed by atoms with Crippen LogP contribution < -0.4 is 4.74 Å². The maximum atomic E-state index is 13.3. The molecule has 2 rings (SSSR count). The number of hydrogen-bond donors (Lipinski definition) is 0. The summed E-state index contributed by atoms with van der Waals surface area (Å²) in [7, 11) is 0. The maximum Gasteiger partial charge on any atom is 0.276 e. The molecule has 2 aromatic carbocycles. The van der Waals surface area contributed by atoms with Gasteiger partial charge in [0.25, 0.3) is 5.69 Å². The van der Waals surface area contributed by atoms with Crippen LogP contribution in [0.1, 0.15) is 5.56 Å². The van der Waals surface area contributed by atoms with Crippen LogP contribution in [0.4, 0.5) is 14.5 Å². The van der Waals surface area contributed by atoms with Gasteiger partial charge in [0.1, 0.15) is 24.0 Å². The molecule has 0 saturated carbocycles. The van der Waals surface area contributed by atoms with E-state index in [-0.39, 0.29) is 17.9 Å². The Hall–Kier alpha value is -2.50. The van der Waals surface area contributed by atoms with Gasteiger partial charge < -0.3 is 4.74 Å². The SMILES string of the molecule is O=[N+]([O-])c1cc(F)cc(OCc2ccccc2F)c1. The van der Waals surface area contributed by atoms with E-state index in [1.54, 1.807) is 6.07 Å². The fourth-order valence-corrected chi connectivity index (χ4v) is 1.51. The number of ether oxygens (including phenoxy) is 1. The van der Waals surface area contributed by atoms with Crippen molar-refractivity contribution in [2.75, 3.05) is 0 Å². The van der Waals surface area contributed by atoms with Gasteiger partial charge in [-0.05, 0) is 6.07 Å². The predicted octanol–water partition coefficient (Wildman–Crippen LogP) is 3.45. The standard InChI is InChI=1S/C13H9F2NO3/c14-10-5-11(16(17)18)7-12(6-10)19-8-9-3-1-2-4-13(9)15/h1-7H,8H2. The Kier molecular flexibility index (Phi) is 3.70. The minimum absolute atomic E-state index is 0.0186. The van der Waals surface area contributed by atoms with E-state index in [9.17, 15) is 18.9 Å². The van der Waals surface area contributed by atoms with Crippen molar-refractivity contribution in [3.63, 3.8) is 0 Å². The lowest BCUT2D eigenvalue weighted by Gasteiger charge is -2.07. The predicted molar refractivity (Wildman–Crippen MR) is 63.8 cm³/mol. The summed E-state index contributed by atoms with van der Waals surface area (Å²) >= 11 is 0. The largest absolute Gasteiger partial charge is 0.488 e. The number of nitro groups is 1. The molecule has 0 atom stereocenters. The first-order chi connectivity index (χ1) is 9.06. The molecule has 0 aliphatic heterocycles. The Labute approximate surface area is 107 Å². The monoisotopic (exact) mass is 265 g/mol. The molecule has 0 heterocycles. The second-order valence-electron chi connectivity index (χ2n) is 3.78. The molecule has 0 unspecified atom stereocenters. The van der Waals surface area contributed by atoms with Gasteiger partial charge in [-0.15, -0.1) is 0 Å². The average Bonchev–Trinajstić information content (AvgIpc) is 2.37. The fourth-order valence-electron chi connectivity index (χ4n) is 1.51. The van der Waals surface area contributed by atoms with E-state index >= 15 is 0 Å². The number of rotatable bonds is 4. The highest BCUT2D eigenvalue weighted by atomic mass is 19.1. The Morgan fingerprint density at radius 2 is 1.89 bits per heavy atom. The number of hydrogen-bond acceptors (Lipinski definition) is 3. The second-order valence-corrected chi connectivity index (χ2v) is 3.78. The highest BCUT2D eigenvalue weighted by Crippen LogP contribution is 2.23. The molecule has 0 fully saturated rings. The molecule has 0 bridgehead atoms. The van der Waals surface area contributed by atoms with Crippen LogP contribution in [-0.4, -0.2) is 4.92 Å². The van der Waals surface area contributed by atoms with Gasteiger partial charge in [0.2, 0.25) is 0 Å². The molecule has 0 aliphatic rings. The Morgan fingerprint density at radius 1 is 1.16 bits per heavy atom.